The van der Waals surface area contributed by atoms with Crippen molar-refractivity contribution in [1.82, 2.24) is 14.8 Å². The van der Waals surface area contributed by atoms with Crippen LogP contribution in [0.4, 0.5) is 5.82 Å². The highest BCUT2D eigenvalue weighted by Gasteiger charge is 2.15. The summed E-state index contributed by atoms with van der Waals surface area (Å²) in [4.78, 5) is 4.77. The van der Waals surface area contributed by atoms with Crippen LogP contribution in [0.15, 0.2) is 66.7 Å². The molecule has 0 saturated carbocycles. The van der Waals surface area contributed by atoms with Crippen molar-refractivity contribution in [3.05, 3.63) is 66.7 Å². The van der Waals surface area contributed by atoms with Crippen LogP contribution in [-0.2, 0) is 7.05 Å². The minimum Gasteiger partial charge on any atom is -0.382 e. The van der Waals surface area contributed by atoms with Gasteiger partial charge in [0.1, 0.15) is 0 Å². The minimum absolute atomic E-state index is 0.508. The molecule has 0 aliphatic carbocycles. The van der Waals surface area contributed by atoms with Gasteiger partial charge in [-0.05, 0) is 17.2 Å². The topological polar surface area (TPSA) is 56.7 Å². The number of anilines is 1. The summed E-state index contributed by atoms with van der Waals surface area (Å²) in [7, 11) is 1.87. The van der Waals surface area contributed by atoms with Gasteiger partial charge < -0.3 is 5.73 Å². The van der Waals surface area contributed by atoms with Crippen molar-refractivity contribution < 1.29 is 0 Å². The van der Waals surface area contributed by atoms with Gasteiger partial charge in [0.2, 0.25) is 0 Å². The molecule has 0 unspecified atom stereocenters. The van der Waals surface area contributed by atoms with E-state index in [1.54, 1.807) is 4.68 Å². The van der Waals surface area contributed by atoms with Gasteiger partial charge in [-0.25, -0.2) is 9.67 Å². The quantitative estimate of drug-likeness (QED) is 0.611. The molecule has 4 nitrogen and oxygen atoms in total. The predicted molar refractivity (Wildman–Crippen MR) is 93.8 cm³/mol. The Hall–Kier alpha value is -3.14. The maximum atomic E-state index is 6.13. The lowest BCUT2D eigenvalue weighted by Gasteiger charge is -2.08. The first-order chi connectivity index (χ1) is 11.2. The summed E-state index contributed by atoms with van der Waals surface area (Å²) in [6, 6.07) is 22.5. The first-order valence-electron chi connectivity index (χ1n) is 7.48. The lowest BCUT2D eigenvalue weighted by molar-refractivity contribution is 0.791. The van der Waals surface area contributed by atoms with Crippen LogP contribution in [0.1, 0.15) is 0 Å². The number of nitrogen functional groups attached to an aromatic ring is 1. The highest BCUT2D eigenvalue weighted by Crippen LogP contribution is 2.34. The van der Waals surface area contributed by atoms with E-state index in [9.17, 15) is 0 Å². The van der Waals surface area contributed by atoms with E-state index in [4.69, 9.17) is 10.7 Å². The molecule has 0 fully saturated rings. The first-order valence-corrected chi connectivity index (χ1v) is 7.48. The molecule has 0 aliphatic heterocycles. The summed E-state index contributed by atoms with van der Waals surface area (Å²) < 4.78 is 1.74. The smallest absolute Gasteiger partial charge is 0.161 e. The van der Waals surface area contributed by atoms with Gasteiger partial charge in [-0.3, -0.25) is 0 Å². The molecule has 0 bridgehead atoms. The molecule has 0 aliphatic rings. The largest absolute Gasteiger partial charge is 0.382 e. The standard InChI is InChI=1S/C19H16N4/c1-23-19-17(18(20)22-23)15(13-8-4-2-5-9-13)12-16(21-19)14-10-6-3-7-11-14/h2-12H,1H3,(H2,20,22). The molecule has 2 aromatic carbocycles. The molecule has 0 saturated heterocycles. The van der Waals surface area contributed by atoms with Crippen LogP contribution >= 0.6 is 0 Å². The molecule has 4 heteroatoms. The highest BCUT2D eigenvalue weighted by atomic mass is 15.3. The van der Waals surface area contributed by atoms with E-state index in [1.807, 2.05) is 43.4 Å². The number of benzene rings is 2. The molecule has 0 radical (unpaired) electrons. The third-order valence-corrected chi connectivity index (χ3v) is 3.98. The Morgan fingerprint density at radius 3 is 2.13 bits per heavy atom. The van der Waals surface area contributed by atoms with E-state index in [-0.39, 0.29) is 0 Å². The monoisotopic (exact) mass is 300 g/mol. The molecule has 4 rings (SSSR count). The van der Waals surface area contributed by atoms with Crippen molar-refractivity contribution in [2.45, 2.75) is 0 Å². The number of aryl methyl sites for hydroxylation is 1. The zero-order valence-electron chi connectivity index (χ0n) is 12.8. The van der Waals surface area contributed by atoms with Gasteiger partial charge in [-0.15, -0.1) is 0 Å². The summed E-state index contributed by atoms with van der Waals surface area (Å²) >= 11 is 0. The number of fused-ring (bicyclic) bond motifs is 1. The van der Waals surface area contributed by atoms with Gasteiger partial charge in [-0.1, -0.05) is 60.7 Å². The number of hydrogen-bond donors (Lipinski definition) is 1. The number of pyridine rings is 1. The summed E-state index contributed by atoms with van der Waals surface area (Å²) in [5.74, 6) is 0.508. The maximum Gasteiger partial charge on any atom is 0.161 e. The van der Waals surface area contributed by atoms with Crippen molar-refractivity contribution in [3.63, 3.8) is 0 Å². The molecule has 2 heterocycles. The Bertz CT molecular complexity index is 973. The van der Waals surface area contributed by atoms with Crippen LogP contribution in [0.5, 0.6) is 0 Å². The Kier molecular flexibility index (Phi) is 3.08. The lowest BCUT2D eigenvalue weighted by atomic mass is 10.0. The first kappa shape index (κ1) is 13.5. The van der Waals surface area contributed by atoms with Gasteiger partial charge >= 0.3 is 0 Å². The van der Waals surface area contributed by atoms with Crippen LogP contribution in [-0.4, -0.2) is 14.8 Å². The maximum absolute atomic E-state index is 6.13. The number of rotatable bonds is 2. The third kappa shape index (κ3) is 2.25. The van der Waals surface area contributed by atoms with Crippen LogP contribution in [0.3, 0.4) is 0 Å². The van der Waals surface area contributed by atoms with Gasteiger partial charge in [0.15, 0.2) is 11.5 Å². The molecular weight excluding hydrogens is 284 g/mol. The van der Waals surface area contributed by atoms with Crippen LogP contribution in [0, 0.1) is 0 Å². The van der Waals surface area contributed by atoms with Crippen LogP contribution in [0.2, 0.25) is 0 Å². The molecule has 2 N–H and O–H groups in total. The van der Waals surface area contributed by atoms with Crippen molar-refractivity contribution in [3.8, 4) is 22.4 Å². The fraction of sp³-hybridized carbons (Fsp3) is 0.0526. The second-order valence-corrected chi connectivity index (χ2v) is 5.49. The second kappa shape index (κ2) is 5.25. The average Bonchev–Trinajstić information content (AvgIpc) is 2.90. The molecule has 0 atom stereocenters. The van der Waals surface area contributed by atoms with E-state index in [0.717, 1.165) is 33.4 Å². The van der Waals surface area contributed by atoms with Gasteiger partial charge in [0.25, 0.3) is 0 Å². The SMILES string of the molecule is Cn1nc(N)c2c(-c3ccccc3)cc(-c3ccccc3)nc21. The highest BCUT2D eigenvalue weighted by molar-refractivity contribution is 6.01. The van der Waals surface area contributed by atoms with Crippen LogP contribution < -0.4 is 5.73 Å². The molecule has 4 aromatic rings. The van der Waals surface area contributed by atoms with Gasteiger partial charge in [-0.2, -0.15) is 5.10 Å². The summed E-state index contributed by atoms with van der Waals surface area (Å²) in [6.45, 7) is 0. The van der Waals surface area contributed by atoms with Crippen LogP contribution in [0.25, 0.3) is 33.4 Å². The Balaban J connectivity index is 2.07. The fourth-order valence-electron chi connectivity index (χ4n) is 2.88. The molecular formula is C19H16N4. The number of hydrogen-bond acceptors (Lipinski definition) is 3. The van der Waals surface area contributed by atoms with E-state index < -0.39 is 0 Å². The second-order valence-electron chi connectivity index (χ2n) is 5.49. The van der Waals surface area contributed by atoms with Crippen molar-refractivity contribution in [1.29, 1.82) is 0 Å². The normalized spacial score (nSPS) is 11.0. The van der Waals surface area contributed by atoms with Crippen molar-refractivity contribution in [2.24, 2.45) is 7.05 Å². The Labute approximate surface area is 134 Å². The van der Waals surface area contributed by atoms with E-state index in [0.29, 0.717) is 5.82 Å². The number of nitrogens with two attached hydrogens (primary N) is 1. The molecule has 2 aromatic heterocycles. The minimum atomic E-state index is 0.508. The summed E-state index contributed by atoms with van der Waals surface area (Å²) in [6.07, 6.45) is 0. The summed E-state index contributed by atoms with van der Waals surface area (Å²) in [5, 5.41) is 5.24. The molecule has 112 valence electrons. The predicted octanol–water partition coefficient (Wildman–Crippen LogP) is 3.88. The van der Waals surface area contributed by atoms with Crippen molar-refractivity contribution in [2.75, 3.05) is 5.73 Å². The summed E-state index contributed by atoms with van der Waals surface area (Å²) in [5.41, 5.74) is 11.1. The molecule has 23 heavy (non-hydrogen) atoms. The zero-order chi connectivity index (χ0) is 15.8. The molecule has 0 amide bonds. The number of aromatic nitrogens is 3. The van der Waals surface area contributed by atoms with Gasteiger partial charge in [0.05, 0.1) is 11.1 Å². The van der Waals surface area contributed by atoms with E-state index >= 15 is 0 Å². The van der Waals surface area contributed by atoms with Gasteiger partial charge in [0, 0.05) is 12.6 Å². The third-order valence-electron chi connectivity index (χ3n) is 3.98. The van der Waals surface area contributed by atoms with E-state index in [2.05, 4.69) is 35.4 Å². The Morgan fingerprint density at radius 2 is 1.48 bits per heavy atom. The average molecular weight is 300 g/mol. The Morgan fingerprint density at radius 1 is 0.870 bits per heavy atom. The molecule has 0 spiro atoms. The fourth-order valence-corrected chi connectivity index (χ4v) is 2.88. The lowest BCUT2D eigenvalue weighted by Crippen LogP contribution is -1.94. The number of nitrogens with zero attached hydrogens (tertiary/aromatic N) is 3. The van der Waals surface area contributed by atoms with Crippen molar-refractivity contribution >= 4 is 16.9 Å². The zero-order valence-corrected chi connectivity index (χ0v) is 12.8. The van der Waals surface area contributed by atoms with E-state index in [1.165, 1.54) is 0 Å².